The normalized spacial score (nSPS) is 14.2. The highest BCUT2D eigenvalue weighted by Gasteiger charge is 2.24. The summed E-state index contributed by atoms with van der Waals surface area (Å²) in [4.78, 5) is 17.7. The average Bonchev–Trinajstić information content (AvgIpc) is 3.57. The van der Waals surface area contributed by atoms with E-state index in [1.54, 1.807) is 18.3 Å². The van der Waals surface area contributed by atoms with Crippen molar-refractivity contribution in [2.75, 3.05) is 13.4 Å². The first-order valence-corrected chi connectivity index (χ1v) is 11.1. The van der Waals surface area contributed by atoms with E-state index in [0.717, 1.165) is 35.3 Å². The van der Waals surface area contributed by atoms with Crippen molar-refractivity contribution in [3.05, 3.63) is 70.9 Å². The molecule has 2 heterocycles. The lowest BCUT2D eigenvalue weighted by Gasteiger charge is -2.15. The number of fused-ring (bicyclic) bond motifs is 1. The van der Waals surface area contributed by atoms with Crippen LogP contribution >= 0.6 is 0 Å². The molecular weight excluding hydrogens is 420 g/mol. The topological polar surface area (TPSA) is 89.9 Å². The number of hydrogen-bond acceptors (Lipinski definition) is 6. The van der Waals surface area contributed by atoms with Gasteiger partial charge in [0.15, 0.2) is 11.5 Å². The van der Waals surface area contributed by atoms with Crippen LogP contribution in [-0.2, 0) is 13.2 Å². The number of benzene rings is 2. The number of hydrogen-bond donors (Lipinski definition) is 2. The van der Waals surface area contributed by atoms with E-state index >= 15 is 0 Å². The maximum absolute atomic E-state index is 13.3. The zero-order valence-electron chi connectivity index (χ0n) is 18.5. The van der Waals surface area contributed by atoms with Gasteiger partial charge in [0.1, 0.15) is 5.75 Å². The number of amides is 1. The fourth-order valence-electron chi connectivity index (χ4n) is 3.85. The fourth-order valence-corrected chi connectivity index (χ4v) is 3.85. The molecule has 1 amide bonds. The van der Waals surface area contributed by atoms with Crippen LogP contribution < -0.4 is 19.5 Å². The van der Waals surface area contributed by atoms with Crippen LogP contribution in [0, 0.1) is 12.8 Å². The maximum atomic E-state index is 13.3. The van der Waals surface area contributed by atoms with Gasteiger partial charge >= 0.3 is 0 Å². The molecule has 1 fully saturated rings. The molecule has 0 radical (unpaired) electrons. The third kappa shape index (κ3) is 4.64. The van der Waals surface area contributed by atoms with Gasteiger partial charge in [-0.1, -0.05) is 6.07 Å². The predicted molar refractivity (Wildman–Crippen MR) is 122 cm³/mol. The largest absolute Gasteiger partial charge is 0.492 e. The van der Waals surface area contributed by atoms with Crippen LogP contribution in [0.4, 0.5) is 0 Å². The van der Waals surface area contributed by atoms with Gasteiger partial charge in [-0.15, -0.1) is 0 Å². The van der Waals surface area contributed by atoms with E-state index in [1.807, 2.05) is 37.3 Å². The number of aryl methyl sites for hydroxylation is 1. The molecule has 2 aliphatic rings. The lowest BCUT2D eigenvalue weighted by atomic mass is 10.0. The first-order valence-electron chi connectivity index (χ1n) is 11.1. The number of aromatic nitrogens is 1. The highest BCUT2D eigenvalue weighted by atomic mass is 16.7. The van der Waals surface area contributed by atoms with Crippen molar-refractivity contribution in [3.63, 3.8) is 0 Å². The molecule has 7 nitrogen and oxygen atoms in total. The first-order chi connectivity index (χ1) is 16.1. The molecule has 1 aliphatic carbocycles. The molecule has 1 saturated carbocycles. The molecule has 3 aromatic rings. The maximum Gasteiger partial charge on any atom is 0.255 e. The zero-order valence-corrected chi connectivity index (χ0v) is 18.5. The summed E-state index contributed by atoms with van der Waals surface area (Å²) in [7, 11) is 0. The molecule has 2 aromatic carbocycles. The summed E-state index contributed by atoms with van der Waals surface area (Å²) in [6.07, 6.45) is 4.00. The van der Waals surface area contributed by atoms with Gasteiger partial charge in [-0.2, -0.15) is 0 Å². The molecule has 33 heavy (non-hydrogen) atoms. The van der Waals surface area contributed by atoms with E-state index in [1.165, 1.54) is 0 Å². The first kappa shape index (κ1) is 21.3. The Labute approximate surface area is 192 Å². The molecule has 0 spiro atoms. The van der Waals surface area contributed by atoms with Crippen molar-refractivity contribution in [1.82, 2.24) is 10.3 Å². The molecule has 0 bridgehead atoms. The van der Waals surface area contributed by atoms with Gasteiger partial charge in [0.25, 0.3) is 5.91 Å². The SMILES string of the molecule is Cc1cc2c(cc1CNC(=O)c1cc(-c3ncccc3CO)ccc1OCC1CC1)OCO2. The Hall–Kier alpha value is -3.58. The minimum Gasteiger partial charge on any atom is -0.492 e. The third-order valence-corrected chi connectivity index (χ3v) is 6.00. The van der Waals surface area contributed by atoms with Crippen LogP contribution in [0.1, 0.15) is 39.9 Å². The molecule has 5 rings (SSSR count). The van der Waals surface area contributed by atoms with Crippen molar-refractivity contribution in [1.29, 1.82) is 0 Å². The van der Waals surface area contributed by atoms with Gasteiger partial charge in [-0.3, -0.25) is 9.78 Å². The molecular formula is C26H26N2O5. The summed E-state index contributed by atoms with van der Waals surface area (Å²) in [6, 6.07) is 12.9. The molecule has 170 valence electrons. The quantitative estimate of drug-likeness (QED) is 0.544. The molecule has 7 heteroatoms. The van der Waals surface area contributed by atoms with Gasteiger partial charge < -0.3 is 24.6 Å². The van der Waals surface area contributed by atoms with E-state index in [4.69, 9.17) is 14.2 Å². The number of carbonyl (C=O) groups is 1. The molecule has 2 N–H and O–H groups in total. The van der Waals surface area contributed by atoms with Crippen LogP contribution in [0.25, 0.3) is 11.3 Å². The summed E-state index contributed by atoms with van der Waals surface area (Å²) in [6.45, 7) is 3.01. The highest BCUT2D eigenvalue weighted by Crippen LogP contribution is 2.35. The van der Waals surface area contributed by atoms with Crippen molar-refractivity contribution in [2.45, 2.75) is 32.9 Å². The van der Waals surface area contributed by atoms with Crippen LogP contribution in [0.15, 0.2) is 48.7 Å². The lowest BCUT2D eigenvalue weighted by molar-refractivity contribution is 0.0946. The number of ether oxygens (including phenoxy) is 3. The van der Waals surface area contributed by atoms with E-state index in [9.17, 15) is 9.90 Å². The lowest BCUT2D eigenvalue weighted by Crippen LogP contribution is -2.24. The Morgan fingerprint density at radius 2 is 1.97 bits per heavy atom. The monoisotopic (exact) mass is 446 g/mol. The molecule has 0 saturated heterocycles. The Morgan fingerprint density at radius 1 is 1.15 bits per heavy atom. The summed E-state index contributed by atoms with van der Waals surface area (Å²) < 4.78 is 16.9. The second kappa shape index (κ2) is 9.11. The summed E-state index contributed by atoms with van der Waals surface area (Å²) >= 11 is 0. The second-order valence-electron chi connectivity index (χ2n) is 8.45. The number of rotatable bonds is 8. The predicted octanol–water partition coefficient (Wildman–Crippen LogP) is 4.00. The Kier molecular flexibility index (Phi) is 5.88. The minimum atomic E-state index is -0.235. The van der Waals surface area contributed by atoms with Crippen LogP contribution in [0.5, 0.6) is 17.2 Å². The van der Waals surface area contributed by atoms with Crippen LogP contribution in [0.3, 0.4) is 0 Å². The summed E-state index contributed by atoms with van der Waals surface area (Å²) in [5.41, 5.74) is 4.51. The van der Waals surface area contributed by atoms with E-state index in [2.05, 4.69) is 10.3 Å². The Morgan fingerprint density at radius 3 is 2.76 bits per heavy atom. The Bertz CT molecular complexity index is 1190. The van der Waals surface area contributed by atoms with Crippen molar-refractivity contribution >= 4 is 5.91 Å². The molecule has 0 unspecified atom stereocenters. The number of pyridine rings is 1. The molecule has 1 aliphatic heterocycles. The Balaban J connectivity index is 1.41. The minimum absolute atomic E-state index is 0.131. The van der Waals surface area contributed by atoms with Gasteiger partial charge in [-0.25, -0.2) is 0 Å². The van der Waals surface area contributed by atoms with Gasteiger partial charge in [0.2, 0.25) is 6.79 Å². The van der Waals surface area contributed by atoms with Crippen LogP contribution in [-0.4, -0.2) is 29.4 Å². The fraction of sp³-hybridized carbons (Fsp3) is 0.308. The van der Waals surface area contributed by atoms with Crippen molar-refractivity contribution < 1.29 is 24.1 Å². The number of nitrogens with zero attached hydrogens (tertiary/aromatic N) is 1. The molecule has 1 aromatic heterocycles. The number of aliphatic hydroxyl groups is 1. The van der Waals surface area contributed by atoms with E-state index in [0.29, 0.717) is 47.4 Å². The molecule has 0 atom stereocenters. The second-order valence-corrected chi connectivity index (χ2v) is 8.45. The number of nitrogens with one attached hydrogen (secondary N) is 1. The standard InChI is InChI=1S/C26H26N2O5/c1-16-9-23-24(33-15-32-23)11-20(16)12-28-26(30)21-10-18(25-19(13-29)3-2-8-27-25)6-7-22(21)31-14-17-4-5-17/h2-3,6-11,17,29H,4-5,12-15H2,1H3,(H,28,30). The summed E-state index contributed by atoms with van der Waals surface area (Å²) in [5.74, 6) is 2.29. The van der Waals surface area contributed by atoms with Gasteiger partial charge in [0.05, 0.1) is 24.5 Å². The summed E-state index contributed by atoms with van der Waals surface area (Å²) in [5, 5.41) is 12.7. The zero-order chi connectivity index (χ0) is 22.8. The highest BCUT2D eigenvalue weighted by molar-refractivity contribution is 5.98. The van der Waals surface area contributed by atoms with Crippen LogP contribution in [0.2, 0.25) is 0 Å². The smallest absolute Gasteiger partial charge is 0.255 e. The van der Waals surface area contributed by atoms with E-state index < -0.39 is 0 Å². The third-order valence-electron chi connectivity index (χ3n) is 6.00. The van der Waals surface area contributed by atoms with Crippen molar-refractivity contribution in [3.8, 4) is 28.5 Å². The number of carbonyl (C=O) groups excluding carboxylic acids is 1. The van der Waals surface area contributed by atoms with Crippen molar-refractivity contribution in [2.24, 2.45) is 5.92 Å². The van der Waals surface area contributed by atoms with E-state index in [-0.39, 0.29) is 19.3 Å². The van der Waals surface area contributed by atoms with Gasteiger partial charge in [0, 0.05) is 23.9 Å². The van der Waals surface area contributed by atoms with Gasteiger partial charge in [-0.05, 0) is 73.2 Å². The average molecular weight is 447 g/mol. The number of aliphatic hydroxyl groups excluding tert-OH is 1.